The van der Waals surface area contributed by atoms with Crippen LogP contribution in [0.2, 0.25) is 0 Å². The Morgan fingerprint density at radius 1 is 1.00 bits per heavy atom. The first-order valence-corrected chi connectivity index (χ1v) is 12.8. The Balaban J connectivity index is 1.40. The van der Waals surface area contributed by atoms with Crippen LogP contribution in [-0.4, -0.2) is 71.5 Å². The first kappa shape index (κ1) is 23.6. The van der Waals surface area contributed by atoms with Gasteiger partial charge in [-0.05, 0) is 37.2 Å². The number of unbranched alkanes of at least 4 members (excludes halogenated alkanes) is 5. The molecular weight excluding hydrogens is 414 g/mol. The van der Waals surface area contributed by atoms with Crippen LogP contribution in [0.4, 0.5) is 4.79 Å². The second-order valence-electron chi connectivity index (χ2n) is 9.77. The summed E-state index contributed by atoms with van der Waals surface area (Å²) in [6.07, 6.45) is 10.2. The first-order chi connectivity index (χ1) is 16.1. The summed E-state index contributed by atoms with van der Waals surface area (Å²) < 4.78 is 0. The van der Waals surface area contributed by atoms with E-state index in [1.165, 1.54) is 31.2 Å². The Bertz CT molecular complexity index is 834. The maximum Gasteiger partial charge on any atom is 0.325 e. The molecule has 0 aliphatic carbocycles. The second-order valence-corrected chi connectivity index (χ2v) is 9.77. The largest absolute Gasteiger partial charge is 0.343 e. The third-order valence-corrected chi connectivity index (χ3v) is 7.36. The molecule has 1 aromatic rings. The van der Waals surface area contributed by atoms with E-state index >= 15 is 0 Å². The fourth-order valence-corrected chi connectivity index (χ4v) is 5.36. The lowest BCUT2D eigenvalue weighted by molar-refractivity contribution is -0.127. The highest BCUT2D eigenvalue weighted by Gasteiger charge is 2.49. The van der Waals surface area contributed by atoms with Crippen molar-refractivity contribution in [1.29, 1.82) is 0 Å². The number of urea groups is 1. The van der Waals surface area contributed by atoms with Gasteiger partial charge in [0.2, 0.25) is 0 Å². The molecule has 2 saturated heterocycles. The quantitative estimate of drug-likeness (QED) is 0.577. The predicted molar refractivity (Wildman–Crippen MR) is 131 cm³/mol. The number of carbonyl (C=O) groups excluding carboxylic acids is 2. The molecule has 1 aromatic carbocycles. The third kappa shape index (κ3) is 5.50. The van der Waals surface area contributed by atoms with Crippen LogP contribution in [0.25, 0.3) is 0 Å². The molecule has 3 heterocycles. The van der Waals surface area contributed by atoms with E-state index < -0.39 is 12.2 Å². The summed E-state index contributed by atoms with van der Waals surface area (Å²) in [5.41, 5.74) is 1.40. The molecule has 2 unspecified atom stereocenters. The van der Waals surface area contributed by atoms with Crippen molar-refractivity contribution >= 4 is 17.9 Å². The molecule has 3 aliphatic rings. The SMILES string of the molecule is CCCCCCCCN1C(N2CCC(Cc3ccccc3)CC2)=NC2C1C(=O)NC(=O)N2C. The summed E-state index contributed by atoms with van der Waals surface area (Å²) in [4.78, 5) is 36.1. The molecule has 0 saturated carbocycles. The van der Waals surface area contributed by atoms with Crippen LogP contribution < -0.4 is 5.32 Å². The van der Waals surface area contributed by atoms with Crippen LogP contribution in [0.1, 0.15) is 63.9 Å². The Kier molecular flexibility index (Phi) is 7.89. The van der Waals surface area contributed by atoms with Gasteiger partial charge >= 0.3 is 6.03 Å². The summed E-state index contributed by atoms with van der Waals surface area (Å²) in [5.74, 6) is 1.37. The van der Waals surface area contributed by atoms with Crippen LogP contribution in [-0.2, 0) is 11.2 Å². The van der Waals surface area contributed by atoms with E-state index in [2.05, 4.69) is 52.4 Å². The average molecular weight is 454 g/mol. The molecule has 7 nitrogen and oxygen atoms in total. The molecule has 0 spiro atoms. The van der Waals surface area contributed by atoms with Crippen molar-refractivity contribution in [1.82, 2.24) is 20.0 Å². The van der Waals surface area contributed by atoms with E-state index in [9.17, 15) is 9.59 Å². The lowest BCUT2D eigenvalue weighted by atomic mass is 9.90. The van der Waals surface area contributed by atoms with Crippen LogP contribution in [0.5, 0.6) is 0 Å². The fraction of sp³-hybridized carbons (Fsp3) is 0.654. The highest BCUT2D eigenvalue weighted by molar-refractivity contribution is 6.03. The number of hydrogen-bond donors (Lipinski definition) is 1. The number of guanidine groups is 1. The van der Waals surface area contributed by atoms with Crippen molar-refractivity contribution in [2.24, 2.45) is 10.9 Å². The number of likely N-dealkylation sites (N-methyl/N-ethyl adjacent to an activating group) is 1. The number of nitrogens with zero attached hydrogens (tertiary/aromatic N) is 4. The average Bonchev–Trinajstić information content (AvgIpc) is 3.21. The second kappa shape index (κ2) is 11.0. The highest BCUT2D eigenvalue weighted by Crippen LogP contribution is 2.29. The Labute approximate surface area is 198 Å². The Morgan fingerprint density at radius 2 is 1.70 bits per heavy atom. The van der Waals surface area contributed by atoms with E-state index in [0.29, 0.717) is 5.92 Å². The third-order valence-electron chi connectivity index (χ3n) is 7.36. The number of carbonyl (C=O) groups is 2. The molecule has 180 valence electrons. The highest BCUT2D eigenvalue weighted by atomic mass is 16.2. The Hall–Kier alpha value is -2.57. The minimum atomic E-state index is -0.427. The van der Waals surface area contributed by atoms with Crippen LogP contribution in [0, 0.1) is 5.92 Å². The first-order valence-electron chi connectivity index (χ1n) is 12.8. The van der Waals surface area contributed by atoms with Crippen LogP contribution in [0.3, 0.4) is 0 Å². The number of benzene rings is 1. The zero-order chi connectivity index (χ0) is 23.2. The van der Waals surface area contributed by atoms with Crippen molar-refractivity contribution in [3.8, 4) is 0 Å². The van der Waals surface area contributed by atoms with Gasteiger partial charge in [0.25, 0.3) is 5.91 Å². The normalized spacial score (nSPS) is 23.6. The lowest BCUT2D eigenvalue weighted by Gasteiger charge is -2.39. The molecule has 4 rings (SSSR count). The fourth-order valence-electron chi connectivity index (χ4n) is 5.36. The molecule has 2 fully saturated rings. The van der Waals surface area contributed by atoms with Gasteiger partial charge in [0, 0.05) is 26.7 Å². The zero-order valence-corrected chi connectivity index (χ0v) is 20.2. The molecule has 7 heteroatoms. The van der Waals surface area contributed by atoms with Crippen LogP contribution >= 0.6 is 0 Å². The van der Waals surface area contributed by atoms with Crippen molar-refractivity contribution in [2.75, 3.05) is 26.7 Å². The minimum Gasteiger partial charge on any atom is -0.343 e. The van der Waals surface area contributed by atoms with Crippen molar-refractivity contribution in [3.63, 3.8) is 0 Å². The molecule has 0 bridgehead atoms. The van der Waals surface area contributed by atoms with Gasteiger partial charge in [-0.15, -0.1) is 0 Å². The number of fused-ring (bicyclic) bond motifs is 1. The number of amides is 3. The topological polar surface area (TPSA) is 68.2 Å². The summed E-state index contributed by atoms with van der Waals surface area (Å²) in [6, 6.07) is 9.95. The molecule has 2 atom stereocenters. The van der Waals surface area contributed by atoms with E-state index in [0.717, 1.165) is 57.7 Å². The minimum absolute atomic E-state index is 0.216. The number of nitrogens with one attached hydrogen (secondary N) is 1. The van der Waals surface area contributed by atoms with E-state index in [4.69, 9.17) is 4.99 Å². The van der Waals surface area contributed by atoms with Crippen molar-refractivity contribution in [3.05, 3.63) is 35.9 Å². The monoisotopic (exact) mass is 453 g/mol. The lowest BCUT2D eigenvalue weighted by Crippen LogP contribution is -2.64. The number of aliphatic imine (C=N–C) groups is 1. The molecule has 33 heavy (non-hydrogen) atoms. The number of hydrogen-bond acceptors (Lipinski definition) is 5. The maximum absolute atomic E-state index is 12.8. The molecule has 1 N–H and O–H groups in total. The molecule has 3 aliphatic heterocycles. The molecular formula is C26H39N5O2. The van der Waals surface area contributed by atoms with Gasteiger partial charge in [-0.1, -0.05) is 69.4 Å². The predicted octanol–water partition coefficient (Wildman–Crippen LogP) is 3.85. The number of likely N-dealkylation sites (tertiary alicyclic amines) is 1. The maximum atomic E-state index is 12.8. The summed E-state index contributed by atoms with van der Waals surface area (Å²) >= 11 is 0. The molecule has 0 aromatic heterocycles. The molecule has 0 radical (unpaired) electrons. The van der Waals surface area contributed by atoms with E-state index in [-0.39, 0.29) is 11.9 Å². The Morgan fingerprint density at radius 3 is 2.42 bits per heavy atom. The number of rotatable bonds is 9. The van der Waals surface area contributed by atoms with Gasteiger partial charge in [0.15, 0.2) is 18.2 Å². The van der Waals surface area contributed by atoms with Gasteiger partial charge in [-0.3, -0.25) is 10.1 Å². The van der Waals surface area contributed by atoms with Gasteiger partial charge in [-0.2, -0.15) is 0 Å². The summed E-state index contributed by atoms with van der Waals surface area (Å²) in [6.45, 7) is 4.94. The van der Waals surface area contributed by atoms with Crippen molar-refractivity contribution < 1.29 is 9.59 Å². The van der Waals surface area contributed by atoms with Crippen LogP contribution in [0.15, 0.2) is 35.3 Å². The smallest absolute Gasteiger partial charge is 0.325 e. The summed E-state index contributed by atoms with van der Waals surface area (Å²) in [5, 5.41) is 2.52. The van der Waals surface area contributed by atoms with Gasteiger partial charge < -0.3 is 14.7 Å². The standard InChI is InChI=1S/C26H39N5O2/c1-3-4-5-6-7-11-16-31-22-23(29(2)26(33)28-24(22)32)27-25(31)30-17-14-21(15-18-30)19-20-12-9-8-10-13-20/h8-10,12-13,21-23H,3-7,11,14-19H2,1-2H3,(H,28,32,33). The van der Waals surface area contributed by atoms with Crippen molar-refractivity contribution in [2.45, 2.75) is 76.9 Å². The van der Waals surface area contributed by atoms with E-state index in [1.54, 1.807) is 11.9 Å². The summed E-state index contributed by atoms with van der Waals surface area (Å²) in [7, 11) is 1.74. The number of imide groups is 1. The molecule has 3 amide bonds. The zero-order valence-electron chi connectivity index (χ0n) is 20.2. The van der Waals surface area contributed by atoms with Gasteiger partial charge in [0.1, 0.15) is 0 Å². The van der Waals surface area contributed by atoms with Gasteiger partial charge in [0.05, 0.1) is 0 Å². The van der Waals surface area contributed by atoms with Gasteiger partial charge in [-0.25, -0.2) is 9.79 Å². The van der Waals surface area contributed by atoms with E-state index in [1.807, 2.05) is 0 Å². The number of piperidine rings is 1.